The highest BCUT2D eigenvalue weighted by Crippen LogP contribution is 2.03. The monoisotopic (exact) mass is 242 g/mol. The average molecular weight is 242 g/mol. The number of rotatable bonds is 5. The molecular formula is C15H18N2O. The fraction of sp³-hybridized carbons (Fsp3) is 0.267. The van der Waals surface area contributed by atoms with E-state index in [-0.39, 0.29) is 5.91 Å². The number of benzene rings is 1. The lowest BCUT2D eigenvalue weighted by Crippen LogP contribution is -2.22. The lowest BCUT2D eigenvalue weighted by atomic mass is 10.1. The summed E-state index contributed by atoms with van der Waals surface area (Å²) in [5.74, 6) is 0.0997. The van der Waals surface area contributed by atoms with Gasteiger partial charge in [-0.15, -0.1) is 0 Å². The van der Waals surface area contributed by atoms with Gasteiger partial charge in [-0.05, 0) is 23.6 Å². The first kappa shape index (κ1) is 12.4. The van der Waals surface area contributed by atoms with E-state index in [0.29, 0.717) is 13.0 Å². The predicted molar refractivity (Wildman–Crippen MR) is 72.0 cm³/mol. The third kappa shape index (κ3) is 3.77. The number of aromatic nitrogens is 1. The van der Waals surface area contributed by atoms with E-state index in [1.54, 1.807) is 0 Å². The highest BCUT2D eigenvalue weighted by Gasteiger charge is 2.02. The van der Waals surface area contributed by atoms with Gasteiger partial charge in [0.15, 0.2) is 0 Å². The maximum atomic E-state index is 11.7. The fourth-order valence-electron chi connectivity index (χ4n) is 1.86. The first-order chi connectivity index (χ1) is 8.74. The van der Waals surface area contributed by atoms with Crippen LogP contribution in [0.3, 0.4) is 0 Å². The molecule has 1 aromatic heterocycles. The van der Waals surface area contributed by atoms with Crippen molar-refractivity contribution in [3.05, 3.63) is 59.9 Å². The average Bonchev–Trinajstić information content (AvgIpc) is 2.81. The third-order valence-corrected chi connectivity index (χ3v) is 2.87. The normalized spacial score (nSPS) is 10.3. The first-order valence-corrected chi connectivity index (χ1v) is 6.15. The molecule has 18 heavy (non-hydrogen) atoms. The van der Waals surface area contributed by atoms with Crippen LogP contribution in [0.15, 0.2) is 48.8 Å². The van der Waals surface area contributed by atoms with Gasteiger partial charge in [0.2, 0.25) is 5.91 Å². The predicted octanol–water partition coefficient (Wildman–Crippen LogP) is 2.27. The van der Waals surface area contributed by atoms with Crippen LogP contribution in [0, 0.1) is 0 Å². The van der Waals surface area contributed by atoms with Gasteiger partial charge in [0.1, 0.15) is 0 Å². The van der Waals surface area contributed by atoms with E-state index < -0.39 is 0 Å². The molecule has 1 amide bonds. The van der Waals surface area contributed by atoms with Gasteiger partial charge in [-0.1, -0.05) is 30.3 Å². The van der Waals surface area contributed by atoms with Gasteiger partial charge in [0.05, 0.1) is 0 Å². The highest BCUT2D eigenvalue weighted by molar-refractivity contribution is 5.76. The molecule has 0 aliphatic rings. The Morgan fingerprint density at radius 2 is 1.94 bits per heavy atom. The number of nitrogens with zero attached hydrogens (tertiary/aromatic N) is 1. The lowest BCUT2D eigenvalue weighted by molar-refractivity contribution is -0.121. The molecule has 0 spiro atoms. The number of carbonyl (C=O) groups excluding carboxylic acids is 1. The number of hydrogen-bond donors (Lipinski definition) is 1. The molecule has 0 atom stereocenters. The molecule has 0 bridgehead atoms. The summed E-state index contributed by atoms with van der Waals surface area (Å²) in [5.41, 5.74) is 2.33. The number of hydrogen-bond acceptors (Lipinski definition) is 1. The van der Waals surface area contributed by atoms with Crippen molar-refractivity contribution < 1.29 is 4.79 Å². The van der Waals surface area contributed by atoms with Gasteiger partial charge >= 0.3 is 0 Å². The van der Waals surface area contributed by atoms with Gasteiger partial charge in [-0.2, -0.15) is 0 Å². The Bertz CT molecular complexity index is 502. The second-order valence-electron chi connectivity index (χ2n) is 4.45. The Balaban J connectivity index is 1.73. The van der Waals surface area contributed by atoms with Crippen LogP contribution >= 0.6 is 0 Å². The molecule has 0 fully saturated rings. The van der Waals surface area contributed by atoms with E-state index in [4.69, 9.17) is 0 Å². The molecule has 3 heteroatoms. The van der Waals surface area contributed by atoms with Crippen molar-refractivity contribution >= 4 is 5.91 Å². The number of amides is 1. The number of carbonyl (C=O) groups is 1. The van der Waals surface area contributed by atoms with Crippen LogP contribution in [-0.4, -0.2) is 10.5 Å². The van der Waals surface area contributed by atoms with E-state index in [9.17, 15) is 4.79 Å². The number of nitrogens with one attached hydrogen (secondary N) is 1. The minimum absolute atomic E-state index is 0.0997. The zero-order valence-electron chi connectivity index (χ0n) is 10.6. The maximum absolute atomic E-state index is 11.7. The molecule has 0 aliphatic carbocycles. The van der Waals surface area contributed by atoms with Crippen molar-refractivity contribution in [3.8, 4) is 0 Å². The molecule has 94 valence electrons. The second kappa shape index (κ2) is 6.05. The van der Waals surface area contributed by atoms with Gasteiger partial charge in [0.25, 0.3) is 0 Å². The smallest absolute Gasteiger partial charge is 0.220 e. The molecule has 0 aliphatic heterocycles. The van der Waals surface area contributed by atoms with Crippen LogP contribution in [0.2, 0.25) is 0 Å². The zero-order valence-corrected chi connectivity index (χ0v) is 10.6. The van der Waals surface area contributed by atoms with Crippen molar-refractivity contribution in [1.29, 1.82) is 0 Å². The standard InChI is InChI=1S/C15H18N2O/c1-17-10-9-14(12-17)11-16-15(18)8-7-13-5-3-2-4-6-13/h2-6,9-10,12H,7-8,11H2,1H3,(H,16,18). The van der Waals surface area contributed by atoms with Crippen molar-refractivity contribution in [1.82, 2.24) is 9.88 Å². The van der Waals surface area contributed by atoms with Gasteiger partial charge in [-0.3, -0.25) is 4.79 Å². The SMILES string of the molecule is Cn1ccc(CNC(=O)CCc2ccccc2)c1. The molecule has 0 saturated heterocycles. The Hall–Kier alpha value is -2.03. The summed E-state index contributed by atoms with van der Waals surface area (Å²) in [7, 11) is 1.97. The Labute approximate surface area is 107 Å². The Morgan fingerprint density at radius 1 is 1.17 bits per heavy atom. The summed E-state index contributed by atoms with van der Waals surface area (Å²) in [4.78, 5) is 11.7. The minimum Gasteiger partial charge on any atom is -0.357 e. The maximum Gasteiger partial charge on any atom is 0.220 e. The molecule has 1 heterocycles. The molecule has 1 N–H and O–H groups in total. The van der Waals surface area contributed by atoms with Crippen molar-refractivity contribution in [2.75, 3.05) is 0 Å². The zero-order chi connectivity index (χ0) is 12.8. The van der Waals surface area contributed by atoms with Crippen LogP contribution in [0.5, 0.6) is 0 Å². The molecule has 0 unspecified atom stereocenters. The van der Waals surface area contributed by atoms with Crippen molar-refractivity contribution in [2.45, 2.75) is 19.4 Å². The van der Waals surface area contributed by atoms with Gasteiger partial charge in [0, 0.05) is 32.4 Å². The quantitative estimate of drug-likeness (QED) is 0.857. The molecule has 2 aromatic rings. The molecule has 1 aromatic carbocycles. The Morgan fingerprint density at radius 3 is 2.61 bits per heavy atom. The Kier molecular flexibility index (Phi) is 4.18. The summed E-state index contributed by atoms with van der Waals surface area (Å²) in [6, 6.07) is 12.1. The van der Waals surface area contributed by atoms with Crippen molar-refractivity contribution in [3.63, 3.8) is 0 Å². The van der Waals surface area contributed by atoms with E-state index in [1.807, 2.05) is 60.4 Å². The lowest BCUT2D eigenvalue weighted by Gasteiger charge is -2.04. The van der Waals surface area contributed by atoms with Crippen LogP contribution in [0.25, 0.3) is 0 Å². The van der Waals surface area contributed by atoms with E-state index in [1.165, 1.54) is 5.56 Å². The second-order valence-corrected chi connectivity index (χ2v) is 4.45. The van der Waals surface area contributed by atoms with E-state index >= 15 is 0 Å². The van der Waals surface area contributed by atoms with Crippen molar-refractivity contribution in [2.24, 2.45) is 7.05 Å². The van der Waals surface area contributed by atoms with Gasteiger partial charge < -0.3 is 9.88 Å². The summed E-state index contributed by atoms with van der Waals surface area (Å²) in [6.45, 7) is 0.606. The van der Waals surface area contributed by atoms with Gasteiger partial charge in [-0.25, -0.2) is 0 Å². The fourth-order valence-corrected chi connectivity index (χ4v) is 1.86. The first-order valence-electron chi connectivity index (χ1n) is 6.15. The molecule has 2 rings (SSSR count). The molecule has 0 radical (unpaired) electrons. The summed E-state index contributed by atoms with van der Waals surface area (Å²) in [5, 5.41) is 2.93. The third-order valence-electron chi connectivity index (χ3n) is 2.87. The summed E-state index contributed by atoms with van der Waals surface area (Å²) >= 11 is 0. The molecule has 3 nitrogen and oxygen atoms in total. The van der Waals surface area contributed by atoms with E-state index in [0.717, 1.165) is 12.0 Å². The summed E-state index contributed by atoms with van der Waals surface area (Å²) < 4.78 is 1.98. The summed E-state index contributed by atoms with van der Waals surface area (Å²) in [6.07, 6.45) is 5.32. The van der Waals surface area contributed by atoms with Crippen LogP contribution in [0.1, 0.15) is 17.5 Å². The van der Waals surface area contributed by atoms with Crippen LogP contribution in [0.4, 0.5) is 0 Å². The van der Waals surface area contributed by atoms with Crippen LogP contribution < -0.4 is 5.32 Å². The minimum atomic E-state index is 0.0997. The highest BCUT2D eigenvalue weighted by atomic mass is 16.1. The van der Waals surface area contributed by atoms with E-state index in [2.05, 4.69) is 5.32 Å². The largest absolute Gasteiger partial charge is 0.357 e. The molecule has 0 saturated carbocycles. The molecular weight excluding hydrogens is 224 g/mol. The topological polar surface area (TPSA) is 34.0 Å². The van der Waals surface area contributed by atoms with Crippen LogP contribution in [-0.2, 0) is 24.8 Å². The number of aryl methyl sites for hydroxylation is 2.